The predicted molar refractivity (Wildman–Crippen MR) is 104 cm³/mol. The highest BCUT2D eigenvalue weighted by atomic mass is 35.5. The number of rotatable bonds is 6. The maximum Gasteiger partial charge on any atom is 0.191 e. The Morgan fingerprint density at radius 3 is 2.75 bits per heavy atom. The quantitative estimate of drug-likeness (QED) is 0.605. The summed E-state index contributed by atoms with van der Waals surface area (Å²) in [4.78, 5) is 9.91. The van der Waals surface area contributed by atoms with E-state index in [0.29, 0.717) is 0 Å². The van der Waals surface area contributed by atoms with Crippen LogP contribution in [0.25, 0.3) is 0 Å². The molecular weight excluding hydrogens is 340 g/mol. The van der Waals surface area contributed by atoms with Gasteiger partial charge in [-0.3, -0.25) is 4.99 Å². The van der Waals surface area contributed by atoms with Crippen molar-refractivity contribution in [2.24, 2.45) is 4.99 Å². The van der Waals surface area contributed by atoms with Crippen molar-refractivity contribution in [2.75, 3.05) is 20.1 Å². The summed E-state index contributed by atoms with van der Waals surface area (Å²) in [7, 11) is 1.79. The monoisotopic (exact) mass is 364 g/mol. The van der Waals surface area contributed by atoms with Crippen molar-refractivity contribution in [3.63, 3.8) is 0 Å². The van der Waals surface area contributed by atoms with Crippen molar-refractivity contribution in [3.05, 3.63) is 50.9 Å². The predicted octanol–water partition coefficient (Wildman–Crippen LogP) is 3.79. The summed E-state index contributed by atoms with van der Waals surface area (Å²) in [6.45, 7) is 8.04. The molecule has 2 rings (SSSR count). The van der Waals surface area contributed by atoms with Gasteiger partial charge in [0.15, 0.2) is 5.96 Å². The molecule has 130 valence electrons. The van der Waals surface area contributed by atoms with E-state index in [4.69, 9.17) is 11.6 Å². The summed E-state index contributed by atoms with van der Waals surface area (Å²) in [6.07, 6.45) is 2.82. The average Bonchev–Trinajstić information content (AvgIpc) is 2.96. The summed E-state index contributed by atoms with van der Waals surface area (Å²) in [5.41, 5.74) is 1.16. The summed E-state index contributed by atoms with van der Waals surface area (Å²) >= 11 is 7.85. The molecule has 4 nitrogen and oxygen atoms in total. The molecular formula is C18H25ClN4S. The molecule has 1 aromatic carbocycles. The van der Waals surface area contributed by atoms with Crippen LogP contribution in [0.4, 0.5) is 0 Å². The third kappa shape index (κ3) is 5.49. The number of benzene rings is 1. The van der Waals surface area contributed by atoms with E-state index in [1.165, 1.54) is 10.4 Å². The standard InChI is InChI=1S/C18H25ClN4S/c1-13-11-22-16(24-13)8-9-21-17(20-4)23-12-18(2,3)14-6-5-7-15(19)10-14/h5-7,10-11H,8-9,12H2,1-4H3,(H2,20,21,23). The van der Waals surface area contributed by atoms with Gasteiger partial charge in [-0.05, 0) is 24.6 Å². The number of halogens is 1. The summed E-state index contributed by atoms with van der Waals surface area (Å²) in [5, 5.41) is 8.65. The molecule has 0 saturated carbocycles. The van der Waals surface area contributed by atoms with Gasteiger partial charge < -0.3 is 10.6 Å². The van der Waals surface area contributed by atoms with E-state index in [9.17, 15) is 0 Å². The smallest absolute Gasteiger partial charge is 0.191 e. The van der Waals surface area contributed by atoms with Crippen LogP contribution in [-0.4, -0.2) is 31.1 Å². The lowest BCUT2D eigenvalue weighted by atomic mass is 9.84. The van der Waals surface area contributed by atoms with Crippen molar-refractivity contribution >= 4 is 28.9 Å². The molecule has 0 unspecified atom stereocenters. The number of aryl methyl sites for hydroxylation is 1. The molecule has 1 aromatic heterocycles. The highest BCUT2D eigenvalue weighted by Crippen LogP contribution is 2.24. The van der Waals surface area contributed by atoms with E-state index in [1.807, 2.05) is 24.4 Å². The van der Waals surface area contributed by atoms with E-state index in [1.54, 1.807) is 18.4 Å². The largest absolute Gasteiger partial charge is 0.356 e. The Kier molecular flexibility index (Phi) is 6.63. The number of nitrogens with one attached hydrogen (secondary N) is 2. The van der Waals surface area contributed by atoms with Gasteiger partial charge in [0, 0.05) is 48.1 Å². The lowest BCUT2D eigenvalue weighted by Gasteiger charge is -2.27. The number of hydrogen-bond acceptors (Lipinski definition) is 3. The molecule has 0 atom stereocenters. The lowest BCUT2D eigenvalue weighted by molar-refractivity contribution is 0.508. The number of hydrogen-bond donors (Lipinski definition) is 2. The van der Waals surface area contributed by atoms with Crippen molar-refractivity contribution in [1.29, 1.82) is 0 Å². The van der Waals surface area contributed by atoms with Crippen LogP contribution in [0.1, 0.15) is 29.3 Å². The van der Waals surface area contributed by atoms with E-state index >= 15 is 0 Å². The molecule has 2 aromatic rings. The fourth-order valence-corrected chi connectivity index (χ4v) is 3.32. The zero-order valence-electron chi connectivity index (χ0n) is 14.7. The van der Waals surface area contributed by atoms with Crippen LogP contribution < -0.4 is 10.6 Å². The van der Waals surface area contributed by atoms with Gasteiger partial charge in [0.1, 0.15) is 0 Å². The van der Waals surface area contributed by atoms with Gasteiger partial charge >= 0.3 is 0 Å². The molecule has 1 heterocycles. The summed E-state index contributed by atoms with van der Waals surface area (Å²) < 4.78 is 0. The van der Waals surface area contributed by atoms with Gasteiger partial charge in [0.2, 0.25) is 0 Å². The fraction of sp³-hybridized carbons (Fsp3) is 0.444. The van der Waals surface area contributed by atoms with E-state index in [0.717, 1.165) is 35.5 Å². The molecule has 24 heavy (non-hydrogen) atoms. The third-order valence-electron chi connectivity index (χ3n) is 3.83. The fourth-order valence-electron chi connectivity index (χ4n) is 2.34. The van der Waals surface area contributed by atoms with Gasteiger partial charge in [-0.2, -0.15) is 0 Å². The molecule has 0 spiro atoms. The van der Waals surface area contributed by atoms with Crippen LogP contribution >= 0.6 is 22.9 Å². The third-order valence-corrected chi connectivity index (χ3v) is 5.04. The minimum absolute atomic E-state index is 0.0467. The molecule has 0 amide bonds. The second kappa shape index (κ2) is 8.49. The van der Waals surface area contributed by atoms with E-state index < -0.39 is 0 Å². The van der Waals surface area contributed by atoms with Crippen LogP contribution in [0.15, 0.2) is 35.5 Å². The maximum absolute atomic E-state index is 6.11. The highest BCUT2D eigenvalue weighted by molar-refractivity contribution is 7.11. The first-order valence-corrected chi connectivity index (χ1v) is 9.22. The Bertz CT molecular complexity index is 694. The number of nitrogens with zero attached hydrogens (tertiary/aromatic N) is 2. The van der Waals surface area contributed by atoms with Gasteiger partial charge in [-0.15, -0.1) is 11.3 Å². The molecule has 0 aliphatic carbocycles. The molecule has 0 aliphatic heterocycles. The second-order valence-electron chi connectivity index (χ2n) is 6.36. The first-order chi connectivity index (χ1) is 11.4. The summed E-state index contributed by atoms with van der Waals surface area (Å²) in [6, 6.07) is 8.01. The normalized spacial score (nSPS) is 12.3. The molecule has 0 fully saturated rings. The Hall–Kier alpha value is -1.59. The van der Waals surface area contributed by atoms with Crippen LogP contribution in [0, 0.1) is 6.92 Å². The minimum Gasteiger partial charge on any atom is -0.356 e. The second-order valence-corrected chi connectivity index (χ2v) is 8.12. The number of aliphatic imine (C=N–C) groups is 1. The number of guanidine groups is 1. The molecule has 2 N–H and O–H groups in total. The number of aromatic nitrogens is 1. The molecule has 0 saturated heterocycles. The van der Waals surface area contributed by atoms with E-state index in [2.05, 4.69) is 47.4 Å². The SMILES string of the molecule is CN=C(NCCc1ncc(C)s1)NCC(C)(C)c1cccc(Cl)c1. The Morgan fingerprint density at radius 2 is 2.12 bits per heavy atom. The van der Waals surface area contributed by atoms with Gasteiger partial charge in [0.25, 0.3) is 0 Å². The van der Waals surface area contributed by atoms with Crippen LogP contribution in [-0.2, 0) is 11.8 Å². The minimum atomic E-state index is -0.0467. The lowest BCUT2D eigenvalue weighted by Crippen LogP contribution is -2.44. The Morgan fingerprint density at radius 1 is 1.33 bits per heavy atom. The molecule has 0 radical (unpaired) electrons. The van der Waals surface area contributed by atoms with Crippen LogP contribution in [0.2, 0.25) is 5.02 Å². The zero-order valence-corrected chi connectivity index (χ0v) is 16.3. The van der Waals surface area contributed by atoms with Gasteiger partial charge in [-0.1, -0.05) is 37.6 Å². The Labute approximate surface area is 153 Å². The van der Waals surface area contributed by atoms with Crippen molar-refractivity contribution in [1.82, 2.24) is 15.6 Å². The first-order valence-electron chi connectivity index (χ1n) is 8.02. The number of thiazole rings is 1. The average molecular weight is 365 g/mol. The van der Waals surface area contributed by atoms with E-state index in [-0.39, 0.29) is 5.41 Å². The summed E-state index contributed by atoms with van der Waals surface area (Å²) in [5.74, 6) is 0.804. The first kappa shape index (κ1) is 18.7. The van der Waals surface area contributed by atoms with Gasteiger partial charge in [0.05, 0.1) is 5.01 Å². The van der Waals surface area contributed by atoms with Crippen LogP contribution in [0.5, 0.6) is 0 Å². The maximum atomic E-state index is 6.11. The topological polar surface area (TPSA) is 49.3 Å². The van der Waals surface area contributed by atoms with Crippen molar-refractivity contribution in [2.45, 2.75) is 32.6 Å². The molecule has 0 bridgehead atoms. The van der Waals surface area contributed by atoms with Crippen LogP contribution in [0.3, 0.4) is 0 Å². The highest BCUT2D eigenvalue weighted by Gasteiger charge is 2.21. The zero-order chi connectivity index (χ0) is 17.6. The molecule has 0 aliphatic rings. The van der Waals surface area contributed by atoms with Crippen molar-refractivity contribution < 1.29 is 0 Å². The Balaban J connectivity index is 1.84. The van der Waals surface area contributed by atoms with Crippen molar-refractivity contribution in [3.8, 4) is 0 Å². The van der Waals surface area contributed by atoms with Gasteiger partial charge in [-0.25, -0.2) is 4.98 Å². The molecule has 6 heteroatoms.